The number of thiazole rings is 1. The van der Waals surface area contributed by atoms with E-state index in [9.17, 15) is 4.79 Å². The maximum Gasteiger partial charge on any atom is 0.258 e. The predicted molar refractivity (Wildman–Crippen MR) is 124 cm³/mol. The third-order valence-electron chi connectivity index (χ3n) is 5.19. The minimum Gasteiger partial charge on any atom is -0.496 e. The molecule has 5 rings (SSSR count). The Hall–Kier alpha value is -2.96. The zero-order valence-corrected chi connectivity index (χ0v) is 18.5. The minimum atomic E-state index is -0.164. The fraction of sp³-hybridized carbons (Fsp3) is 0.0833. The van der Waals surface area contributed by atoms with Gasteiger partial charge in [-0.3, -0.25) is 10.1 Å². The molecule has 0 bridgehead atoms. The molecule has 6 heteroatoms. The van der Waals surface area contributed by atoms with E-state index < -0.39 is 0 Å². The Morgan fingerprint density at radius 2 is 1.83 bits per heavy atom. The summed E-state index contributed by atoms with van der Waals surface area (Å²) in [5, 5.41) is 3.59. The van der Waals surface area contributed by atoms with Crippen LogP contribution in [0.15, 0.2) is 71.2 Å². The number of hydrogen-bond donors (Lipinski definition) is 1. The molecule has 148 valence electrons. The second-order valence-corrected chi connectivity index (χ2v) is 8.87. The fourth-order valence-electron chi connectivity index (χ4n) is 3.80. The van der Waals surface area contributed by atoms with Crippen LogP contribution in [0.5, 0.6) is 5.75 Å². The minimum absolute atomic E-state index is 0.164. The molecule has 30 heavy (non-hydrogen) atoms. The topological polar surface area (TPSA) is 51.2 Å². The van der Waals surface area contributed by atoms with Crippen molar-refractivity contribution in [1.82, 2.24) is 4.98 Å². The molecule has 0 spiro atoms. The van der Waals surface area contributed by atoms with E-state index in [1.54, 1.807) is 7.11 Å². The largest absolute Gasteiger partial charge is 0.496 e. The molecular formula is C24H17BrN2O2S. The van der Waals surface area contributed by atoms with Crippen molar-refractivity contribution >= 4 is 38.3 Å². The number of methoxy groups -OCH3 is 1. The highest BCUT2D eigenvalue weighted by Crippen LogP contribution is 2.48. The molecule has 0 saturated heterocycles. The lowest BCUT2D eigenvalue weighted by molar-refractivity contribution is 0.102. The van der Waals surface area contributed by atoms with E-state index in [4.69, 9.17) is 9.72 Å². The van der Waals surface area contributed by atoms with Crippen molar-refractivity contribution in [3.63, 3.8) is 0 Å². The molecule has 1 amide bonds. The van der Waals surface area contributed by atoms with Gasteiger partial charge in [0, 0.05) is 26.9 Å². The van der Waals surface area contributed by atoms with Crippen LogP contribution in [0.1, 0.15) is 20.8 Å². The van der Waals surface area contributed by atoms with Gasteiger partial charge in [-0.15, -0.1) is 11.3 Å². The first-order valence-electron chi connectivity index (χ1n) is 9.47. The van der Waals surface area contributed by atoms with Crippen LogP contribution in [0.3, 0.4) is 0 Å². The van der Waals surface area contributed by atoms with E-state index in [1.807, 2.05) is 66.7 Å². The summed E-state index contributed by atoms with van der Waals surface area (Å²) in [4.78, 5) is 18.9. The number of carbonyl (C=O) groups excluding carboxylic acids is 1. The van der Waals surface area contributed by atoms with Gasteiger partial charge >= 0.3 is 0 Å². The molecule has 0 unspecified atom stereocenters. The maximum absolute atomic E-state index is 13.1. The molecule has 1 N–H and O–H groups in total. The van der Waals surface area contributed by atoms with Gasteiger partial charge in [0.05, 0.1) is 12.8 Å². The summed E-state index contributed by atoms with van der Waals surface area (Å²) in [6.07, 6.45) is 0.774. The average molecular weight is 477 g/mol. The molecule has 3 aromatic carbocycles. The van der Waals surface area contributed by atoms with Crippen LogP contribution in [0.4, 0.5) is 5.13 Å². The van der Waals surface area contributed by atoms with Gasteiger partial charge in [0.15, 0.2) is 5.13 Å². The number of rotatable bonds is 4. The number of fused-ring (bicyclic) bond motifs is 3. The van der Waals surface area contributed by atoms with Crippen molar-refractivity contribution in [2.75, 3.05) is 12.4 Å². The van der Waals surface area contributed by atoms with Crippen LogP contribution >= 0.6 is 27.3 Å². The number of aromatic nitrogens is 1. The number of amides is 1. The highest BCUT2D eigenvalue weighted by Gasteiger charge is 2.29. The van der Waals surface area contributed by atoms with Crippen molar-refractivity contribution in [1.29, 1.82) is 0 Å². The SMILES string of the molecule is COc1ccc(Br)c2c1-c1nc(NC(=O)c3ccccc3-c3ccccc3)sc1C2. The molecule has 0 atom stereocenters. The number of halogens is 1. The van der Waals surface area contributed by atoms with E-state index in [-0.39, 0.29) is 5.91 Å². The number of anilines is 1. The third-order valence-corrected chi connectivity index (χ3v) is 6.90. The zero-order valence-electron chi connectivity index (χ0n) is 16.1. The van der Waals surface area contributed by atoms with Crippen LogP contribution in [0, 0.1) is 0 Å². The van der Waals surface area contributed by atoms with Crippen LogP contribution in [0.2, 0.25) is 0 Å². The normalized spacial score (nSPS) is 11.7. The van der Waals surface area contributed by atoms with Gasteiger partial charge in [-0.1, -0.05) is 64.5 Å². The van der Waals surface area contributed by atoms with Crippen molar-refractivity contribution in [3.05, 3.63) is 87.2 Å². The van der Waals surface area contributed by atoms with Crippen LogP contribution in [-0.4, -0.2) is 18.0 Å². The Labute approximate surface area is 186 Å². The Morgan fingerprint density at radius 1 is 1.07 bits per heavy atom. The number of benzene rings is 3. The zero-order chi connectivity index (χ0) is 20.7. The molecule has 1 aliphatic carbocycles. The van der Waals surface area contributed by atoms with Gasteiger partial charge in [0.2, 0.25) is 0 Å². The third kappa shape index (κ3) is 3.22. The second-order valence-electron chi connectivity index (χ2n) is 6.94. The van der Waals surface area contributed by atoms with Crippen LogP contribution in [0.25, 0.3) is 22.4 Å². The lowest BCUT2D eigenvalue weighted by Gasteiger charge is -2.10. The van der Waals surface area contributed by atoms with Crippen molar-refractivity contribution in [3.8, 4) is 28.1 Å². The molecule has 0 radical (unpaired) electrons. The fourth-order valence-corrected chi connectivity index (χ4v) is 5.24. The van der Waals surface area contributed by atoms with Gasteiger partial charge in [-0.05, 0) is 34.9 Å². The van der Waals surface area contributed by atoms with E-state index in [1.165, 1.54) is 16.9 Å². The van der Waals surface area contributed by atoms with E-state index in [0.29, 0.717) is 10.7 Å². The molecule has 1 aliphatic rings. The first kappa shape index (κ1) is 19.0. The van der Waals surface area contributed by atoms with E-state index in [2.05, 4.69) is 21.2 Å². The molecule has 1 aromatic heterocycles. The number of ether oxygens (including phenoxy) is 1. The van der Waals surface area contributed by atoms with Gasteiger partial charge in [0.1, 0.15) is 5.75 Å². The lowest BCUT2D eigenvalue weighted by atomic mass is 9.99. The van der Waals surface area contributed by atoms with Gasteiger partial charge < -0.3 is 4.74 Å². The quantitative estimate of drug-likeness (QED) is 0.326. The summed E-state index contributed by atoms with van der Waals surface area (Å²) in [7, 11) is 1.66. The van der Waals surface area contributed by atoms with E-state index >= 15 is 0 Å². The lowest BCUT2D eigenvalue weighted by Crippen LogP contribution is -2.13. The first-order valence-corrected chi connectivity index (χ1v) is 11.1. The summed E-state index contributed by atoms with van der Waals surface area (Å²) in [5.41, 5.74) is 5.60. The van der Waals surface area contributed by atoms with Crippen molar-refractivity contribution in [2.24, 2.45) is 0 Å². The molecule has 1 heterocycles. The summed E-state index contributed by atoms with van der Waals surface area (Å²) in [5.74, 6) is 0.632. The van der Waals surface area contributed by atoms with Crippen LogP contribution in [-0.2, 0) is 6.42 Å². The van der Waals surface area contributed by atoms with Gasteiger partial charge in [-0.2, -0.15) is 0 Å². The molecule has 0 saturated carbocycles. The molecule has 4 nitrogen and oxygen atoms in total. The Bertz CT molecular complexity index is 1270. The van der Waals surface area contributed by atoms with Crippen molar-refractivity contribution in [2.45, 2.75) is 6.42 Å². The van der Waals surface area contributed by atoms with Crippen molar-refractivity contribution < 1.29 is 9.53 Å². The second kappa shape index (κ2) is 7.70. The Kier molecular flexibility index (Phi) is 4.89. The maximum atomic E-state index is 13.1. The van der Waals surface area contributed by atoms with E-state index in [0.717, 1.165) is 43.9 Å². The Balaban J connectivity index is 1.47. The smallest absolute Gasteiger partial charge is 0.258 e. The molecule has 0 aliphatic heterocycles. The highest BCUT2D eigenvalue weighted by atomic mass is 79.9. The number of carbonyl (C=O) groups is 1. The predicted octanol–water partition coefficient (Wildman–Crippen LogP) is 6.40. The number of nitrogens with zero attached hydrogens (tertiary/aromatic N) is 1. The highest BCUT2D eigenvalue weighted by molar-refractivity contribution is 9.10. The molecule has 0 fully saturated rings. The van der Waals surface area contributed by atoms with Crippen LogP contribution < -0.4 is 10.1 Å². The number of hydrogen-bond acceptors (Lipinski definition) is 4. The molecular weight excluding hydrogens is 460 g/mol. The summed E-state index contributed by atoms with van der Waals surface area (Å²) >= 11 is 5.14. The van der Waals surface area contributed by atoms with Gasteiger partial charge in [-0.25, -0.2) is 4.98 Å². The Morgan fingerprint density at radius 3 is 2.63 bits per heavy atom. The summed E-state index contributed by atoms with van der Waals surface area (Å²) in [6.45, 7) is 0. The van der Waals surface area contributed by atoms with Gasteiger partial charge in [0.25, 0.3) is 5.91 Å². The number of nitrogens with one attached hydrogen (secondary N) is 1. The summed E-state index contributed by atoms with van der Waals surface area (Å²) in [6, 6.07) is 21.5. The standard InChI is InChI=1S/C24H17BrN2O2S/c1-29-19-12-11-18(25)17-13-20-22(21(17)19)26-24(30-20)27-23(28)16-10-6-5-9-15(16)14-7-3-2-4-8-14/h2-12H,13H2,1H3,(H,26,27,28). The molecule has 4 aromatic rings. The summed E-state index contributed by atoms with van der Waals surface area (Å²) < 4.78 is 6.60. The average Bonchev–Trinajstić information content (AvgIpc) is 3.33. The first-order chi connectivity index (χ1) is 14.7. The monoisotopic (exact) mass is 476 g/mol.